The number of hydrogen-bond donors (Lipinski definition) is 2. The minimum absolute atomic E-state index is 0.877. The van der Waals surface area contributed by atoms with Gasteiger partial charge in [-0.15, -0.1) is 0 Å². The Balaban J connectivity index is 1.62. The standard InChI is InChI=1S/C12H22N4/c1-3-16(12-4-5-12)7-6-13-8-11-9-14-15-10(11)2/h9,12-13H,3-8H2,1-2H3,(H,14,15). The van der Waals surface area contributed by atoms with E-state index >= 15 is 0 Å². The zero-order chi connectivity index (χ0) is 11.4. The summed E-state index contributed by atoms with van der Waals surface area (Å²) in [7, 11) is 0. The van der Waals surface area contributed by atoms with Gasteiger partial charge in [0.1, 0.15) is 0 Å². The number of hydrogen-bond acceptors (Lipinski definition) is 3. The number of aromatic nitrogens is 2. The summed E-state index contributed by atoms with van der Waals surface area (Å²) < 4.78 is 0. The number of H-pyrrole nitrogens is 1. The van der Waals surface area contributed by atoms with E-state index in [0.717, 1.165) is 25.7 Å². The zero-order valence-electron chi connectivity index (χ0n) is 10.3. The maximum atomic E-state index is 4.01. The summed E-state index contributed by atoms with van der Waals surface area (Å²) >= 11 is 0. The molecule has 0 atom stereocenters. The summed E-state index contributed by atoms with van der Waals surface area (Å²) in [6, 6.07) is 0.877. The largest absolute Gasteiger partial charge is 0.311 e. The first-order valence-corrected chi connectivity index (χ1v) is 6.25. The van der Waals surface area contributed by atoms with Crippen LogP contribution < -0.4 is 5.32 Å². The Bertz CT molecular complexity index is 317. The van der Waals surface area contributed by atoms with Gasteiger partial charge in [0.2, 0.25) is 0 Å². The molecule has 0 radical (unpaired) electrons. The fourth-order valence-electron chi connectivity index (χ4n) is 2.04. The van der Waals surface area contributed by atoms with Gasteiger partial charge < -0.3 is 5.32 Å². The van der Waals surface area contributed by atoms with Crippen LogP contribution in [0, 0.1) is 6.92 Å². The molecule has 1 fully saturated rings. The molecule has 4 nitrogen and oxygen atoms in total. The van der Waals surface area contributed by atoms with Crippen molar-refractivity contribution in [2.24, 2.45) is 0 Å². The molecule has 16 heavy (non-hydrogen) atoms. The quantitative estimate of drug-likeness (QED) is 0.683. The van der Waals surface area contributed by atoms with Gasteiger partial charge in [-0.3, -0.25) is 10.00 Å². The smallest absolute Gasteiger partial charge is 0.0535 e. The van der Waals surface area contributed by atoms with Crippen LogP contribution in [-0.2, 0) is 6.54 Å². The highest BCUT2D eigenvalue weighted by Crippen LogP contribution is 2.25. The minimum Gasteiger partial charge on any atom is -0.311 e. The Morgan fingerprint density at radius 1 is 1.56 bits per heavy atom. The molecule has 1 aromatic heterocycles. The zero-order valence-corrected chi connectivity index (χ0v) is 10.3. The number of rotatable bonds is 7. The molecular formula is C12H22N4. The molecule has 1 aliphatic rings. The topological polar surface area (TPSA) is 44.0 Å². The normalized spacial score (nSPS) is 15.9. The lowest BCUT2D eigenvalue weighted by atomic mass is 10.2. The van der Waals surface area contributed by atoms with Crippen LogP contribution in [-0.4, -0.2) is 40.8 Å². The lowest BCUT2D eigenvalue weighted by Gasteiger charge is -2.19. The second-order valence-electron chi connectivity index (χ2n) is 4.56. The molecule has 2 N–H and O–H groups in total. The number of aryl methyl sites for hydroxylation is 1. The molecule has 1 saturated carbocycles. The van der Waals surface area contributed by atoms with E-state index < -0.39 is 0 Å². The Hall–Kier alpha value is -0.870. The predicted molar refractivity (Wildman–Crippen MR) is 65.3 cm³/mol. The van der Waals surface area contributed by atoms with Gasteiger partial charge in [0.05, 0.1) is 6.20 Å². The van der Waals surface area contributed by atoms with Gasteiger partial charge in [0.15, 0.2) is 0 Å². The summed E-state index contributed by atoms with van der Waals surface area (Å²) in [5.74, 6) is 0. The highest BCUT2D eigenvalue weighted by Gasteiger charge is 2.26. The van der Waals surface area contributed by atoms with Gasteiger partial charge in [-0.05, 0) is 26.3 Å². The van der Waals surface area contributed by atoms with E-state index in [-0.39, 0.29) is 0 Å². The molecule has 1 aliphatic carbocycles. The van der Waals surface area contributed by atoms with Crippen molar-refractivity contribution in [3.05, 3.63) is 17.5 Å². The molecular weight excluding hydrogens is 200 g/mol. The molecule has 0 amide bonds. The summed E-state index contributed by atoms with van der Waals surface area (Å²) in [4.78, 5) is 2.56. The Morgan fingerprint density at radius 3 is 2.94 bits per heavy atom. The van der Waals surface area contributed by atoms with Crippen molar-refractivity contribution in [3.8, 4) is 0 Å². The summed E-state index contributed by atoms with van der Waals surface area (Å²) in [6.45, 7) is 8.64. The molecule has 0 bridgehead atoms. The summed E-state index contributed by atoms with van der Waals surface area (Å²) in [5.41, 5.74) is 2.44. The van der Waals surface area contributed by atoms with Crippen molar-refractivity contribution in [2.45, 2.75) is 39.3 Å². The van der Waals surface area contributed by atoms with E-state index in [4.69, 9.17) is 0 Å². The third-order valence-corrected chi connectivity index (χ3v) is 3.30. The van der Waals surface area contributed by atoms with Gasteiger partial charge in [-0.2, -0.15) is 5.10 Å². The van der Waals surface area contributed by atoms with Gasteiger partial charge in [0, 0.05) is 36.9 Å². The van der Waals surface area contributed by atoms with E-state index in [2.05, 4.69) is 34.3 Å². The van der Waals surface area contributed by atoms with Gasteiger partial charge in [-0.1, -0.05) is 6.92 Å². The van der Waals surface area contributed by atoms with E-state index in [9.17, 15) is 0 Å². The third-order valence-electron chi connectivity index (χ3n) is 3.30. The fourth-order valence-corrected chi connectivity index (χ4v) is 2.04. The predicted octanol–water partition coefficient (Wildman–Crippen LogP) is 1.29. The summed E-state index contributed by atoms with van der Waals surface area (Å²) in [6.07, 6.45) is 4.70. The van der Waals surface area contributed by atoms with E-state index in [1.54, 1.807) is 0 Å². The first-order chi connectivity index (χ1) is 7.81. The monoisotopic (exact) mass is 222 g/mol. The average molecular weight is 222 g/mol. The molecule has 90 valence electrons. The maximum absolute atomic E-state index is 4.01. The molecule has 0 aliphatic heterocycles. The van der Waals surface area contributed by atoms with Crippen molar-refractivity contribution in [1.82, 2.24) is 20.4 Å². The molecule has 1 aromatic rings. The number of aromatic amines is 1. The van der Waals surface area contributed by atoms with Gasteiger partial charge in [0.25, 0.3) is 0 Å². The van der Waals surface area contributed by atoms with E-state index in [1.165, 1.54) is 30.6 Å². The minimum atomic E-state index is 0.877. The first-order valence-electron chi connectivity index (χ1n) is 6.25. The van der Waals surface area contributed by atoms with Gasteiger partial charge >= 0.3 is 0 Å². The summed E-state index contributed by atoms with van der Waals surface area (Å²) in [5, 5.41) is 10.4. The highest BCUT2D eigenvalue weighted by atomic mass is 15.2. The van der Waals surface area contributed by atoms with Crippen LogP contribution >= 0.6 is 0 Å². The van der Waals surface area contributed by atoms with Crippen LogP contribution in [0.25, 0.3) is 0 Å². The Kier molecular flexibility index (Phi) is 3.96. The molecule has 0 unspecified atom stereocenters. The molecule has 0 aromatic carbocycles. The maximum Gasteiger partial charge on any atom is 0.0535 e. The van der Waals surface area contributed by atoms with Crippen LogP contribution in [0.5, 0.6) is 0 Å². The lowest BCUT2D eigenvalue weighted by Crippen LogP contribution is -2.33. The molecule has 4 heteroatoms. The molecule has 0 saturated heterocycles. The number of nitrogens with one attached hydrogen (secondary N) is 2. The van der Waals surface area contributed by atoms with Gasteiger partial charge in [-0.25, -0.2) is 0 Å². The van der Waals surface area contributed by atoms with E-state index in [0.29, 0.717) is 0 Å². The van der Waals surface area contributed by atoms with Crippen LogP contribution in [0.2, 0.25) is 0 Å². The van der Waals surface area contributed by atoms with Crippen molar-refractivity contribution >= 4 is 0 Å². The lowest BCUT2D eigenvalue weighted by molar-refractivity contribution is 0.277. The Morgan fingerprint density at radius 2 is 2.38 bits per heavy atom. The van der Waals surface area contributed by atoms with Crippen molar-refractivity contribution in [3.63, 3.8) is 0 Å². The third kappa shape index (κ3) is 3.06. The fraction of sp³-hybridized carbons (Fsp3) is 0.750. The molecule has 0 spiro atoms. The second kappa shape index (κ2) is 5.46. The SMILES string of the molecule is CCN(CCNCc1cn[nH]c1C)C1CC1. The average Bonchev–Trinajstić information content (AvgIpc) is 3.04. The number of nitrogens with zero attached hydrogens (tertiary/aromatic N) is 2. The number of likely N-dealkylation sites (N-methyl/N-ethyl adjacent to an activating group) is 1. The van der Waals surface area contributed by atoms with E-state index in [1.807, 2.05) is 6.20 Å². The highest BCUT2D eigenvalue weighted by molar-refractivity contribution is 5.13. The van der Waals surface area contributed by atoms with Crippen molar-refractivity contribution in [2.75, 3.05) is 19.6 Å². The van der Waals surface area contributed by atoms with Crippen LogP contribution in [0.15, 0.2) is 6.20 Å². The molecule has 2 rings (SSSR count). The first kappa shape index (κ1) is 11.6. The second-order valence-corrected chi connectivity index (χ2v) is 4.56. The molecule has 1 heterocycles. The van der Waals surface area contributed by atoms with Crippen LogP contribution in [0.1, 0.15) is 31.0 Å². The Labute approximate surface area is 97.4 Å². The van der Waals surface area contributed by atoms with Crippen molar-refractivity contribution in [1.29, 1.82) is 0 Å². The van der Waals surface area contributed by atoms with Crippen LogP contribution in [0.4, 0.5) is 0 Å². The van der Waals surface area contributed by atoms with Crippen molar-refractivity contribution < 1.29 is 0 Å². The van der Waals surface area contributed by atoms with Crippen LogP contribution in [0.3, 0.4) is 0 Å².